The van der Waals surface area contributed by atoms with Gasteiger partial charge in [0.05, 0.1) is 12.6 Å². The van der Waals surface area contributed by atoms with Crippen LogP contribution in [-0.4, -0.2) is 18.4 Å². The highest BCUT2D eigenvalue weighted by atomic mass is 16.5. The van der Waals surface area contributed by atoms with Gasteiger partial charge in [-0.3, -0.25) is 9.59 Å². The zero-order valence-corrected chi connectivity index (χ0v) is 14.9. The molecule has 1 aliphatic carbocycles. The maximum Gasteiger partial charge on any atom is 0.246 e. The summed E-state index contributed by atoms with van der Waals surface area (Å²) in [5.41, 5.74) is 2.80. The molecule has 1 unspecified atom stereocenters. The molecule has 1 saturated carbocycles. The molecule has 3 rings (SSSR count). The van der Waals surface area contributed by atoms with Crippen molar-refractivity contribution in [2.45, 2.75) is 32.4 Å². The standard InChI is InChI=1S/C21H24N2O3/c1-15(22-20(24)14-26-13-16-5-3-2-4-6-16)17-9-11-19(12-10-17)23-21(25)18-7-8-18/h2-6,9-12,15,18H,7-8,13-14H2,1H3,(H,22,24)(H,23,25). The van der Waals surface area contributed by atoms with Gasteiger partial charge in [-0.05, 0) is 43.0 Å². The summed E-state index contributed by atoms with van der Waals surface area (Å²) in [6.45, 7) is 2.36. The predicted molar refractivity (Wildman–Crippen MR) is 100 cm³/mol. The number of hydrogen-bond acceptors (Lipinski definition) is 3. The molecule has 0 spiro atoms. The van der Waals surface area contributed by atoms with Crippen molar-refractivity contribution in [1.82, 2.24) is 5.32 Å². The topological polar surface area (TPSA) is 67.4 Å². The summed E-state index contributed by atoms with van der Waals surface area (Å²) >= 11 is 0. The highest BCUT2D eigenvalue weighted by Crippen LogP contribution is 2.30. The fourth-order valence-corrected chi connectivity index (χ4v) is 2.65. The quantitative estimate of drug-likeness (QED) is 0.765. The summed E-state index contributed by atoms with van der Waals surface area (Å²) < 4.78 is 5.45. The fraction of sp³-hybridized carbons (Fsp3) is 0.333. The largest absolute Gasteiger partial charge is 0.367 e. The second kappa shape index (κ2) is 8.63. The lowest BCUT2D eigenvalue weighted by Crippen LogP contribution is -2.30. The molecule has 2 N–H and O–H groups in total. The van der Waals surface area contributed by atoms with Crippen molar-refractivity contribution in [3.8, 4) is 0 Å². The van der Waals surface area contributed by atoms with E-state index in [4.69, 9.17) is 4.74 Å². The van der Waals surface area contributed by atoms with Crippen LogP contribution in [0.15, 0.2) is 54.6 Å². The number of amides is 2. The normalized spacial score (nSPS) is 14.5. The van der Waals surface area contributed by atoms with E-state index < -0.39 is 0 Å². The van der Waals surface area contributed by atoms with Gasteiger partial charge in [0.1, 0.15) is 6.61 Å². The molecule has 0 saturated heterocycles. The van der Waals surface area contributed by atoms with E-state index in [2.05, 4.69) is 10.6 Å². The van der Waals surface area contributed by atoms with Gasteiger partial charge >= 0.3 is 0 Å². The molecular weight excluding hydrogens is 328 g/mol. The number of rotatable bonds is 8. The van der Waals surface area contributed by atoms with Gasteiger partial charge < -0.3 is 15.4 Å². The van der Waals surface area contributed by atoms with E-state index in [9.17, 15) is 9.59 Å². The number of nitrogens with one attached hydrogen (secondary N) is 2. The van der Waals surface area contributed by atoms with Crippen molar-refractivity contribution >= 4 is 17.5 Å². The van der Waals surface area contributed by atoms with Crippen LogP contribution in [0.25, 0.3) is 0 Å². The van der Waals surface area contributed by atoms with Crippen LogP contribution in [0.5, 0.6) is 0 Å². The number of ether oxygens (including phenoxy) is 1. The third-order valence-electron chi connectivity index (χ3n) is 4.35. The van der Waals surface area contributed by atoms with Crippen LogP contribution < -0.4 is 10.6 Å². The molecule has 2 aromatic carbocycles. The lowest BCUT2D eigenvalue weighted by atomic mass is 10.1. The Kier molecular flexibility index (Phi) is 6.02. The van der Waals surface area contributed by atoms with E-state index in [1.807, 2.05) is 61.5 Å². The molecule has 2 amide bonds. The number of benzene rings is 2. The van der Waals surface area contributed by atoms with Crippen LogP contribution >= 0.6 is 0 Å². The molecule has 0 heterocycles. The van der Waals surface area contributed by atoms with Crippen molar-refractivity contribution in [3.05, 3.63) is 65.7 Å². The minimum Gasteiger partial charge on any atom is -0.367 e. The summed E-state index contributed by atoms with van der Waals surface area (Å²) in [5, 5.41) is 5.83. The molecule has 0 bridgehead atoms. The molecule has 0 aliphatic heterocycles. The first-order valence-electron chi connectivity index (χ1n) is 8.93. The van der Waals surface area contributed by atoms with E-state index in [0.29, 0.717) is 6.61 Å². The summed E-state index contributed by atoms with van der Waals surface area (Å²) in [6.07, 6.45) is 1.97. The van der Waals surface area contributed by atoms with Crippen molar-refractivity contribution in [3.63, 3.8) is 0 Å². The number of carbonyl (C=O) groups excluding carboxylic acids is 2. The smallest absolute Gasteiger partial charge is 0.246 e. The lowest BCUT2D eigenvalue weighted by molar-refractivity contribution is -0.126. The second-order valence-electron chi connectivity index (χ2n) is 6.65. The molecule has 1 aliphatic rings. The minimum atomic E-state index is -0.153. The van der Waals surface area contributed by atoms with Gasteiger partial charge in [0.15, 0.2) is 0 Å². The van der Waals surface area contributed by atoms with Gasteiger partial charge in [-0.1, -0.05) is 42.5 Å². The van der Waals surface area contributed by atoms with Gasteiger partial charge in [0, 0.05) is 11.6 Å². The zero-order chi connectivity index (χ0) is 18.4. The number of anilines is 1. The Labute approximate surface area is 153 Å². The molecule has 2 aromatic rings. The summed E-state index contributed by atoms with van der Waals surface area (Å²) in [6, 6.07) is 17.2. The van der Waals surface area contributed by atoms with Crippen molar-refractivity contribution in [1.29, 1.82) is 0 Å². The molecular formula is C21H24N2O3. The highest BCUT2D eigenvalue weighted by Gasteiger charge is 2.29. The van der Waals surface area contributed by atoms with Crippen LogP contribution in [-0.2, 0) is 20.9 Å². The third-order valence-corrected chi connectivity index (χ3v) is 4.35. The molecule has 1 atom stereocenters. The van der Waals surface area contributed by atoms with Crippen LogP contribution in [0.3, 0.4) is 0 Å². The lowest BCUT2D eigenvalue weighted by Gasteiger charge is -2.15. The Morgan fingerprint density at radius 3 is 2.42 bits per heavy atom. The van der Waals surface area contributed by atoms with Gasteiger partial charge in [-0.25, -0.2) is 0 Å². The fourth-order valence-electron chi connectivity index (χ4n) is 2.65. The van der Waals surface area contributed by atoms with Crippen LogP contribution in [0, 0.1) is 5.92 Å². The van der Waals surface area contributed by atoms with Crippen LogP contribution in [0.1, 0.15) is 36.9 Å². The molecule has 0 aromatic heterocycles. The molecule has 1 fully saturated rings. The van der Waals surface area contributed by atoms with Crippen LogP contribution in [0.2, 0.25) is 0 Å². The summed E-state index contributed by atoms with van der Waals surface area (Å²) in [7, 11) is 0. The van der Waals surface area contributed by atoms with E-state index in [1.54, 1.807) is 0 Å². The van der Waals surface area contributed by atoms with Crippen LogP contribution in [0.4, 0.5) is 5.69 Å². The monoisotopic (exact) mass is 352 g/mol. The Bertz CT molecular complexity index is 740. The molecule has 5 heteroatoms. The third kappa shape index (κ3) is 5.43. The highest BCUT2D eigenvalue weighted by molar-refractivity contribution is 5.94. The average Bonchev–Trinajstić information content (AvgIpc) is 3.48. The van der Waals surface area contributed by atoms with Gasteiger partial charge in [0.2, 0.25) is 11.8 Å². The Balaban J connectivity index is 1.42. The minimum absolute atomic E-state index is 0.0226. The van der Waals surface area contributed by atoms with Gasteiger partial charge in [-0.15, -0.1) is 0 Å². The Morgan fingerprint density at radius 1 is 1.08 bits per heavy atom. The van der Waals surface area contributed by atoms with E-state index in [0.717, 1.165) is 29.7 Å². The number of hydrogen-bond donors (Lipinski definition) is 2. The van der Waals surface area contributed by atoms with Crippen molar-refractivity contribution < 1.29 is 14.3 Å². The Morgan fingerprint density at radius 2 is 1.77 bits per heavy atom. The maximum atomic E-state index is 12.0. The average molecular weight is 352 g/mol. The zero-order valence-electron chi connectivity index (χ0n) is 14.9. The SMILES string of the molecule is CC(NC(=O)COCc1ccccc1)c1ccc(NC(=O)C2CC2)cc1. The maximum absolute atomic E-state index is 12.0. The van der Waals surface area contributed by atoms with Crippen molar-refractivity contribution in [2.75, 3.05) is 11.9 Å². The van der Waals surface area contributed by atoms with E-state index in [-0.39, 0.29) is 30.4 Å². The second-order valence-corrected chi connectivity index (χ2v) is 6.65. The van der Waals surface area contributed by atoms with Gasteiger partial charge in [-0.2, -0.15) is 0 Å². The molecule has 136 valence electrons. The van der Waals surface area contributed by atoms with E-state index in [1.165, 1.54) is 0 Å². The number of carbonyl (C=O) groups is 2. The molecule has 26 heavy (non-hydrogen) atoms. The first-order valence-corrected chi connectivity index (χ1v) is 8.93. The van der Waals surface area contributed by atoms with Gasteiger partial charge in [0.25, 0.3) is 0 Å². The predicted octanol–water partition coefficient (Wildman–Crippen LogP) is 3.43. The molecule has 0 radical (unpaired) electrons. The molecule has 5 nitrogen and oxygen atoms in total. The summed E-state index contributed by atoms with van der Waals surface area (Å²) in [5.74, 6) is 0.123. The summed E-state index contributed by atoms with van der Waals surface area (Å²) in [4.78, 5) is 23.8. The Hall–Kier alpha value is -2.66. The first-order chi connectivity index (χ1) is 12.6. The van der Waals surface area contributed by atoms with Crippen molar-refractivity contribution in [2.24, 2.45) is 5.92 Å². The first kappa shape index (κ1) is 18.1. The van der Waals surface area contributed by atoms with E-state index >= 15 is 0 Å².